The molecule has 0 bridgehead atoms. The second-order valence-corrected chi connectivity index (χ2v) is 3.89. The highest BCUT2D eigenvalue weighted by Gasteiger charge is 2.19. The molecule has 106 valence electrons. The van der Waals surface area contributed by atoms with E-state index in [-0.39, 0.29) is 17.8 Å². The molecule has 7 nitrogen and oxygen atoms in total. The molecule has 20 heavy (non-hydrogen) atoms. The minimum Gasteiger partial charge on any atom is -0.449 e. The normalized spacial score (nSPS) is 11.2. The standard InChI is InChI=1S/C13H14N2O5/c1-3-7-14-12(16)9(2)20-13(17)10-5-4-6-11(8-10)15(18)19/h3-6,8-9H,1,7H2,2H3,(H,14,16). The predicted octanol–water partition coefficient (Wildman–Crippen LogP) is 1.44. The maximum atomic E-state index is 11.8. The highest BCUT2D eigenvalue weighted by atomic mass is 16.6. The van der Waals surface area contributed by atoms with Crippen molar-refractivity contribution in [3.05, 3.63) is 52.6 Å². The molecule has 0 aromatic heterocycles. The second kappa shape index (κ2) is 7.03. The Hall–Kier alpha value is -2.70. The van der Waals surface area contributed by atoms with Crippen LogP contribution in [-0.4, -0.2) is 29.4 Å². The average molecular weight is 278 g/mol. The molecule has 1 amide bonds. The van der Waals surface area contributed by atoms with Crippen molar-refractivity contribution in [2.24, 2.45) is 0 Å². The van der Waals surface area contributed by atoms with Crippen molar-refractivity contribution in [1.82, 2.24) is 5.32 Å². The zero-order chi connectivity index (χ0) is 15.1. The molecule has 0 aliphatic heterocycles. The fourth-order valence-electron chi connectivity index (χ4n) is 1.35. The van der Waals surface area contributed by atoms with Gasteiger partial charge >= 0.3 is 5.97 Å². The number of nitro benzene ring substituents is 1. The first-order chi connectivity index (χ1) is 9.45. The van der Waals surface area contributed by atoms with E-state index in [1.54, 1.807) is 0 Å². The van der Waals surface area contributed by atoms with Crippen molar-refractivity contribution in [3.63, 3.8) is 0 Å². The van der Waals surface area contributed by atoms with Gasteiger partial charge in [0.1, 0.15) is 0 Å². The van der Waals surface area contributed by atoms with Gasteiger partial charge in [-0.15, -0.1) is 6.58 Å². The van der Waals surface area contributed by atoms with E-state index in [1.807, 2.05) is 0 Å². The number of nitrogens with zero attached hydrogens (tertiary/aromatic N) is 1. The summed E-state index contributed by atoms with van der Waals surface area (Å²) in [7, 11) is 0. The summed E-state index contributed by atoms with van der Waals surface area (Å²) >= 11 is 0. The van der Waals surface area contributed by atoms with E-state index >= 15 is 0 Å². The molecule has 0 aliphatic carbocycles. The number of carbonyl (C=O) groups excluding carboxylic acids is 2. The van der Waals surface area contributed by atoms with Gasteiger partial charge in [0, 0.05) is 18.7 Å². The minimum absolute atomic E-state index is 0.0163. The van der Waals surface area contributed by atoms with E-state index in [2.05, 4.69) is 11.9 Å². The van der Waals surface area contributed by atoms with E-state index in [0.29, 0.717) is 0 Å². The minimum atomic E-state index is -0.998. The van der Waals surface area contributed by atoms with Crippen LogP contribution in [0.15, 0.2) is 36.9 Å². The van der Waals surface area contributed by atoms with Crippen molar-refractivity contribution in [2.75, 3.05) is 6.54 Å². The van der Waals surface area contributed by atoms with Crippen LogP contribution in [0.3, 0.4) is 0 Å². The summed E-state index contributed by atoms with van der Waals surface area (Å²) in [5.74, 6) is -1.27. The van der Waals surface area contributed by atoms with Crippen LogP contribution < -0.4 is 5.32 Å². The van der Waals surface area contributed by atoms with E-state index in [4.69, 9.17) is 4.74 Å². The van der Waals surface area contributed by atoms with E-state index in [9.17, 15) is 19.7 Å². The van der Waals surface area contributed by atoms with Crippen LogP contribution in [-0.2, 0) is 9.53 Å². The van der Waals surface area contributed by atoms with Gasteiger partial charge in [0.15, 0.2) is 6.10 Å². The molecule has 0 saturated heterocycles. The molecular weight excluding hydrogens is 264 g/mol. The Morgan fingerprint density at radius 1 is 1.55 bits per heavy atom. The van der Waals surface area contributed by atoms with E-state index in [1.165, 1.54) is 31.2 Å². The maximum Gasteiger partial charge on any atom is 0.339 e. The van der Waals surface area contributed by atoms with Crippen molar-refractivity contribution in [3.8, 4) is 0 Å². The first-order valence-electron chi connectivity index (χ1n) is 5.79. The van der Waals surface area contributed by atoms with Gasteiger partial charge in [0.05, 0.1) is 10.5 Å². The molecule has 0 radical (unpaired) electrons. The third-order valence-electron chi connectivity index (χ3n) is 2.37. The highest BCUT2D eigenvalue weighted by Crippen LogP contribution is 2.14. The molecule has 1 aromatic carbocycles. The van der Waals surface area contributed by atoms with Crippen LogP contribution in [0, 0.1) is 10.1 Å². The molecule has 1 unspecified atom stereocenters. The fourth-order valence-corrected chi connectivity index (χ4v) is 1.35. The number of esters is 1. The van der Waals surface area contributed by atoms with Crippen LogP contribution >= 0.6 is 0 Å². The Morgan fingerprint density at radius 2 is 2.25 bits per heavy atom. The van der Waals surface area contributed by atoms with Crippen molar-refractivity contribution >= 4 is 17.6 Å². The number of non-ortho nitro benzene ring substituents is 1. The van der Waals surface area contributed by atoms with Crippen molar-refractivity contribution in [1.29, 1.82) is 0 Å². The smallest absolute Gasteiger partial charge is 0.339 e. The van der Waals surface area contributed by atoms with Crippen LogP contribution in [0.25, 0.3) is 0 Å². The third kappa shape index (κ3) is 4.20. The van der Waals surface area contributed by atoms with Crippen molar-refractivity contribution in [2.45, 2.75) is 13.0 Å². The molecule has 0 fully saturated rings. The molecule has 0 spiro atoms. The number of hydrogen-bond donors (Lipinski definition) is 1. The van der Waals surface area contributed by atoms with Crippen LogP contribution in [0.5, 0.6) is 0 Å². The molecule has 1 rings (SSSR count). The first kappa shape index (κ1) is 15.4. The van der Waals surface area contributed by atoms with Crippen LogP contribution in [0.2, 0.25) is 0 Å². The van der Waals surface area contributed by atoms with Crippen LogP contribution in [0.1, 0.15) is 17.3 Å². The van der Waals surface area contributed by atoms with Crippen molar-refractivity contribution < 1.29 is 19.2 Å². The van der Waals surface area contributed by atoms with Gasteiger partial charge in [-0.1, -0.05) is 12.1 Å². The summed E-state index contributed by atoms with van der Waals surface area (Å²) in [6, 6.07) is 5.11. The quantitative estimate of drug-likeness (QED) is 0.367. The lowest BCUT2D eigenvalue weighted by atomic mass is 10.2. The molecule has 0 aliphatic rings. The lowest BCUT2D eigenvalue weighted by Crippen LogP contribution is -2.35. The topological polar surface area (TPSA) is 98.5 Å². The van der Waals surface area contributed by atoms with E-state index < -0.39 is 22.9 Å². The largest absolute Gasteiger partial charge is 0.449 e. The molecule has 1 N–H and O–H groups in total. The summed E-state index contributed by atoms with van der Waals surface area (Å²) in [6.07, 6.45) is 0.495. The zero-order valence-corrected chi connectivity index (χ0v) is 10.9. The van der Waals surface area contributed by atoms with Gasteiger partial charge in [-0.2, -0.15) is 0 Å². The summed E-state index contributed by atoms with van der Waals surface area (Å²) < 4.78 is 4.92. The molecule has 0 saturated carbocycles. The van der Waals surface area contributed by atoms with Gasteiger partial charge in [0.2, 0.25) is 0 Å². The maximum absolute atomic E-state index is 11.8. The lowest BCUT2D eigenvalue weighted by molar-refractivity contribution is -0.384. The van der Waals surface area contributed by atoms with Gasteiger partial charge in [-0.3, -0.25) is 14.9 Å². The Bertz CT molecular complexity index is 541. The van der Waals surface area contributed by atoms with Gasteiger partial charge in [-0.05, 0) is 13.0 Å². The molecule has 0 heterocycles. The zero-order valence-electron chi connectivity index (χ0n) is 10.9. The number of nitro groups is 1. The average Bonchev–Trinajstić information content (AvgIpc) is 2.44. The Morgan fingerprint density at radius 3 is 2.85 bits per heavy atom. The second-order valence-electron chi connectivity index (χ2n) is 3.89. The number of nitrogens with one attached hydrogen (secondary N) is 1. The number of hydrogen-bond acceptors (Lipinski definition) is 5. The number of rotatable bonds is 6. The van der Waals surface area contributed by atoms with Crippen LogP contribution in [0.4, 0.5) is 5.69 Å². The van der Waals surface area contributed by atoms with Gasteiger partial charge < -0.3 is 10.1 Å². The summed E-state index contributed by atoms with van der Waals surface area (Å²) in [5.41, 5.74) is -0.203. The SMILES string of the molecule is C=CCNC(=O)C(C)OC(=O)c1cccc([N+](=O)[O-])c1. The summed E-state index contributed by atoms with van der Waals surface area (Å²) in [6.45, 7) is 5.11. The number of carbonyl (C=O) groups is 2. The molecule has 1 atom stereocenters. The third-order valence-corrected chi connectivity index (χ3v) is 2.37. The summed E-state index contributed by atoms with van der Waals surface area (Å²) in [5, 5.41) is 13.1. The number of amides is 1. The molecule has 7 heteroatoms. The number of benzene rings is 1. The van der Waals surface area contributed by atoms with E-state index in [0.717, 1.165) is 6.07 Å². The molecular formula is C13H14N2O5. The Kier molecular flexibility index (Phi) is 5.40. The van der Waals surface area contributed by atoms with Gasteiger partial charge in [0.25, 0.3) is 11.6 Å². The first-order valence-corrected chi connectivity index (χ1v) is 5.79. The Balaban J connectivity index is 2.71. The monoisotopic (exact) mass is 278 g/mol. The Labute approximate surface area is 115 Å². The fraction of sp³-hybridized carbons (Fsp3) is 0.231. The molecule has 1 aromatic rings. The predicted molar refractivity (Wildman–Crippen MR) is 71.2 cm³/mol. The number of ether oxygens (including phenoxy) is 1. The van der Waals surface area contributed by atoms with Gasteiger partial charge in [-0.25, -0.2) is 4.79 Å². The summed E-state index contributed by atoms with van der Waals surface area (Å²) in [4.78, 5) is 33.3. The highest BCUT2D eigenvalue weighted by molar-refractivity contribution is 5.92. The lowest BCUT2D eigenvalue weighted by Gasteiger charge is -2.12.